The predicted octanol–water partition coefficient (Wildman–Crippen LogP) is 3.25. The van der Waals surface area contributed by atoms with Crippen molar-refractivity contribution in [2.24, 2.45) is 0 Å². The van der Waals surface area contributed by atoms with E-state index in [1.54, 1.807) is 19.1 Å². The van der Waals surface area contributed by atoms with Crippen molar-refractivity contribution in [1.82, 2.24) is 0 Å². The van der Waals surface area contributed by atoms with Crippen molar-refractivity contribution in [3.8, 4) is 0 Å². The van der Waals surface area contributed by atoms with Crippen LogP contribution in [0, 0.1) is 17.5 Å². The molecule has 142 valence electrons. The zero-order chi connectivity index (χ0) is 20.0. The molecule has 0 unspecified atom stereocenters. The summed E-state index contributed by atoms with van der Waals surface area (Å²) in [7, 11) is 0. The predicted molar refractivity (Wildman–Crippen MR) is 90.6 cm³/mol. The fraction of sp³-hybridized carbons (Fsp3) is 0.167. The molecule has 6 nitrogen and oxygen atoms in total. The standard InChI is InChI=1S/C18H15F3N2O4/c1-2-27-18(26)10-5-3-4-6-12(10)22-14(24)9-15(25)23-13-8-7-11(19)16(20)17(13)21/h3-8H,2,9H2,1H3,(H,22,24)(H,23,25). The molecule has 0 aliphatic heterocycles. The first-order valence-electron chi connectivity index (χ1n) is 7.82. The maximum Gasteiger partial charge on any atom is 0.340 e. The SMILES string of the molecule is CCOC(=O)c1ccccc1NC(=O)CC(=O)Nc1ccc(F)c(F)c1F. The maximum atomic E-state index is 13.5. The van der Waals surface area contributed by atoms with Gasteiger partial charge in [-0.15, -0.1) is 0 Å². The Bertz CT molecular complexity index is 887. The van der Waals surface area contributed by atoms with Gasteiger partial charge in [-0.2, -0.15) is 0 Å². The molecule has 2 amide bonds. The van der Waals surface area contributed by atoms with Crippen molar-refractivity contribution < 1.29 is 32.3 Å². The van der Waals surface area contributed by atoms with Crippen LogP contribution in [0.2, 0.25) is 0 Å². The highest BCUT2D eigenvalue weighted by atomic mass is 19.2. The lowest BCUT2D eigenvalue weighted by Gasteiger charge is -2.11. The smallest absolute Gasteiger partial charge is 0.340 e. The van der Waals surface area contributed by atoms with Crippen molar-refractivity contribution in [3.63, 3.8) is 0 Å². The summed E-state index contributed by atoms with van der Waals surface area (Å²) in [6.45, 7) is 1.77. The number of hydrogen-bond donors (Lipinski definition) is 2. The highest BCUT2D eigenvalue weighted by Crippen LogP contribution is 2.20. The summed E-state index contributed by atoms with van der Waals surface area (Å²) in [5, 5.41) is 4.35. The lowest BCUT2D eigenvalue weighted by Crippen LogP contribution is -2.23. The molecule has 0 spiro atoms. The second kappa shape index (κ2) is 8.84. The number of hydrogen-bond acceptors (Lipinski definition) is 4. The van der Waals surface area contributed by atoms with Crippen molar-refractivity contribution >= 4 is 29.2 Å². The van der Waals surface area contributed by atoms with Crippen LogP contribution in [0.4, 0.5) is 24.5 Å². The molecule has 9 heteroatoms. The summed E-state index contributed by atoms with van der Waals surface area (Å²) < 4.78 is 44.4. The van der Waals surface area contributed by atoms with Crippen LogP contribution in [-0.4, -0.2) is 24.4 Å². The fourth-order valence-electron chi connectivity index (χ4n) is 2.14. The van der Waals surface area contributed by atoms with E-state index >= 15 is 0 Å². The first-order valence-corrected chi connectivity index (χ1v) is 7.82. The van der Waals surface area contributed by atoms with E-state index in [1.807, 2.05) is 5.32 Å². The quantitative estimate of drug-likeness (QED) is 0.458. The monoisotopic (exact) mass is 380 g/mol. The van der Waals surface area contributed by atoms with E-state index in [0.29, 0.717) is 6.07 Å². The van der Waals surface area contributed by atoms with Crippen molar-refractivity contribution in [2.45, 2.75) is 13.3 Å². The van der Waals surface area contributed by atoms with Crippen molar-refractivity contribution in [1.29, 1.82) is 0 Å². The molecule has 0 radical (unpaired) electrons. The number of para-hydroxylation sites is 1. The van der Waals surface area contributed by atoms with Crippen LogP contribution in [0.5, 0.6) is 0 Å². The summed E-state index contributed by atoms with van der Waals surface area (Å²) in [5.74, 6) is -7.11. The van der Waals surface area contributed by atoms with Gasteiger partial charge in [-0.05, 0) is 31.2 Å². The summed E-state index contributed by atoms with van der Waals surface area (Å²) in [6, 6.07) is 7.49. The number of carbonyl (C=O) groups is 3. The van der Waals surface area contributed by atoms with Crippen LogP contribution in [0.15, 0.2) is 36.4 Å². The average Bonchev–Trinajstić information content (AvgIpc) is 2.62. The number of carbonyl (C=O) groups excluding carboxylic acids is 3. The minimum absolute atomic E-state index is 0.0970. The molecule has 2 aromatic carbocycles. The zero-order valence-electron chi connectivity index (χ0n) is 14.1. The third kappa shape index (κ3) is 5.06. The van der Waals surface area contributed by atoms with Gasteiger partial charge in [0.2, 0.25) is 11.8 Å². The largest absolute Gasteiger partial charge is 0.462 e. The van der Waals surface area contributed by atoms with Crippen LogP contribution in [-0.2, 0) is 14.3 Å². The van der Waals surface area contributed by atoms with Crippen molar-refractivity contribution in [2.75, 3.05) is 17.2 Å². The van der Waals surface area contributed by atoms with Gasteiger partial charge in [0.25, 0.3) is 0 Å². The molecular formula is C18H15F3N2O4. The third-order valence-electron chi connectivity index (χ3n) is 3.33. The van der Waals surface area contributed by atoms with Gasteiger partial charge in [-0.3, -0.25) is 9.59 Å². The van der Waals surface area contributed by atoms with Gasteiger partial charge < -0.3 is 15.4 Å². The molecule has 0 bridgehead atoms. The molecule has 0 heterocycles. The van der Waals surface area contributed by atoms with E-state index in [0.717, 1.165) is 6.07 Å². The molecule has 0 aromatic heterocycles. The Morgan fingerprint density at radius 2 is 1.52 bits per heavy atom. The number of amides is 2. The van der Waals surface area contributed by atoms with E-state index in [4.69, 9.17) is 4.74 Å². The average molecular weight is 380 g/mol. The number of benzene rings is 2. The fourth-order valence-corrected chi connectivity index (χ4v) is 2.14. The number of nitrogens with one attached hydrogen (secondary N) is 2. The van der Waals surface area contributed by atoms with Crippen LogP contribution in [0.25, 0.3) is 0 Å². The zero-order valence-corrected chi connectivity index (χ0v) is 14.1. The Morgan fingerprint density at radius 1 is 0.889 bits per heavy atom. The van der Waals surface area contributed by atoms with E-state index in [2.05, 4.69) is 5.32 Å². The molecule has 0 aliphatic carbocycles. The van der Waals surface area contributed by atoms with Gasteiger partial charge >= 0.3 is 5.97 Å². The highest BCUT2D eigenvalue weighted by Gasteiger charge is 2.18. The molecule has 0 aliphatic rings. The summed E-state index contributed by atoms with van der Waals surface area (Å²) in [4.78, 5) is 35.7. The van der Waals surface area contributed by atoms with E-state index in [1.165, 1.54) is 12.1 Å². The summed E-state index contributed by atoms with van der Waals surface area (Å²) in [6.07, 6.45) is -0.740. The minimum atomic E-state index is -1.74. The molecule has 0 fully saturated rings. The second-order valence-electron chi connectivity index (χ2n) is 5.26. The molecule has 2 rings (SSSR count). The lowest BCUT2D eigenvalue weighted by atomic mass is 10.1. The molecule has 27 heavy (non-hydrogen) atoms. The van der Waals surface area contributed by atoms with Gasteiger partial charge in [-0.1, -0.05) is 12.1 Å². The Hall–Kier alpha value is -3.36. The van der Waals surface area contributed by atoms with Crippen LogP contribution < -0.4 is 10.6 Å². The molecule has 0 saturated heterocycles. The highest BCUT2D eigenvalue weighted by molar-refractivity contribution is 6.10. The van der Waals surface area contributed by atoms with Gasteiger partial charge in [0.15, 0.2) is 17.5 Å². The maximum absolute atomic E-state index is 13.5. The van der Waals surface area contributed by atoms with Crippen LogP contribution in [0.1, 0.15) is 23.7 Å². The van der Waals surface area contributed by atoms with Crippen molar-refractivity contribution in [3.05, 3.63) is 59.4 Å². The van der Waals surface area contributed by atoms with Gasteiger partial charge in [0.05, 0.1) is 23.5 Å². The lowest BCUT2D eigenvalue weighted by molar-refractivity contribution is -0.123. The Labute approximate surface area is 152 Å². The number of anilines is 2. The van der Waals surface area contributed by atoms with Gasteiger partial charge in [-0.25, -0.2) is 18.0 Å². The molecule has 0 atom stereocenters. The summed E-state index contributed by atoms with van der Waals surface area (Å²) in [5.41, 5.74) is -0.369. The minimum Gasteiger partial charge on any atom is -0.462 e. The van der Waals surface area contributed by atoms with Gasteiger partial charge in [0, 0.05) is 0 Å². The molecular weight excluding hydrogens is 365 g/mol. The van der Waals surface area contributed by atoms with Crippen LogP contribution >= 0.6 is 0 Å². The Morgan fingerprint density at radius 3 is 2.19 bits per heavy atom. The normalized spacial score (nSPS) is 10.2. The number of ether oxygens (including phenoxy) is 1. The van der Waals surface area contributed by atoms with E-state index in [-0.39, 0.29) is 17.9 Å². The number of rotatable bonds is 6. The Balaban J connectivity index is 2.03. The molecule has 0 saturated carbocycles. The van der Waals surface area contributed by atoms with E-state index < -0.39 is 47.3 Å². The third-order valence-corrected chi connectivity index (χ3v) is 3.33. The van der Waals surface area contributed by atoms with E-state index in [9.17, 15) is 27.6 Å². The molecule has 2 N–H and O–H groups in total. The number of esters is 1. The summed E-state index contributed by atoms with van der Waals surface area (Å²) >= 11 is 0. The van der Waals surface area contributed by atoms with Crippen LogP contribution in [0.3, 0.4) is 0 Å². The number of halogens is 3. The second-order valence-corrected chi connectivity index (χ2v) is 5.26. The first-order chi connectivity index (χ1) is 12.8. The molecule has 2 aromatic rings. The Kier molecular flexibility index (Phi) is 6.53. The first kappa shape index (κ1) is 20.0. The topological polar surface area (TPSA) is 84.5 Å². The van der Waals surface area contributed by atoms with Gasteiger partial charge in [0.1, 0.15) is 6.42 Å².